The number of aliphatic imine (C=N–C) groups is 1. The summed E-state index contributed by atoms with van der Waals surface area (Å²) in [4.78, 5) is 30.8. The highest BCUT2D eigenvalue weighted by molar-refractivity contribution is 6.12. The first kappa shape index (κ1) is 19.3. The lowest BCUT2D eigenvalue weighted by Crippen LogP contribution is -2.41. The standard InChI is InChI=1S/C25H25NO3/c1-15-9-11-18(12-10-15)23-22(25(28)29-3)16(2)26-20-13-19(14-21(27)24(20)23)17-7-5-4-6-8-17/h4-12,19,23-24H,13-14H2,1-3H3/t19-,23+,24?/m1/s1. The molecule has 4 nitrogen and oxygen atoms in total. The topological polar surface area (TPSA) is 55.7 Å². The number of methoxy groups -OCH3 is 1. The maximum atomic E-state index is 13.4. The molecule has 2 aromatic carbocycles. The maximum absolute atomic E-state index is 13.4. The quantitative estimate of drug-likeness (QED) is 0.715. The molecule has 1 aliphatic heterocycles. The number of hydrogen-bond donors (Lipinski definition) is 0. The van der Waals surface area contributed by atoms with Crippen molar-refractivity contribution in [2.45, 2.75) is 38.5 Å². The Morgan fingerprint density at radius 1 is 0.931 bits per heavy atom. The summed E-state index contributed by atoms with van der Waals surface area (Å²) >= 11 is 0. The molecule has 1 heterocycles. The first-order chi connectivity index (χ1) is 14.0. The number of aryl methyl sites for hydroxylation is 1. The number of allylic oxidation sites excluding steroid dienone is 1. The number of fused-ring (bicyclic) bond motifs is 1. The van der Waals surface area contributed by atoms with Gasteiger partial charge < -0.3 is 4.74 Å². The SMILES string of the molecule is COC(=O)C1=C(C)N=C2C[C@@H](c3ccccc3)CC(=O)C2[C@H]1c1ccc(C)cc1. The van der Waals surface area contributed by atoms with E-state index in [2.05, 4.69) is 12.1 Å². The molecule has 4 rings (SSSR count). The Labute approximate surface area is 171 Å². The van der Waals surface area contributed by atoms with Gasteiger partial charge in [0.15, 0.2) is 0 Å². The van der Waals surface area contributed by atoms with Crippen molar-refractivity contribution in [1.82, 2.24) is 0 Å². The molecule has 0 N–H and O–H groups in total. The monoisotopic (exact) mass is 387 g/mol. The molecular formula is C25H25NO3. The maximum Gasteiger partial charge on any atom is 0.336 e. The summed E-state index contributed by atoms with van der Waals surface area (Å²) in [6.45, 7) is 3.86. The number of carbonyl (C=O) groups is 2. The summed E-state index contributed by atoms with van der Waals surface area (Å²) < 4.78 is 5.06. The summed E-state index contributed by atoms with van der Waals surface area (Å²) in [6.07, 6.45) is 1.19. The summed E-state index contributed by atoms with van der Waals surface area (Å²) in [6, 6.07) is 18.2. The van der Waals surface area contributed by atoms with Gasteiger partial charge in [0.05, 0.1) is 18.6 Å². The third-order valence-electron chi connectivity index (χ3n) is 6.07. The molecule has 29 heavy (non-hydrogen) atoms. The minimum atomic E-state index is -0.408. The lowest BCUT2D eigenvalue weighted by molar-refractivity contribution is -0.136. The van der Waals surface area contributed by atoms with E-state index in [1.807, 2.05) is 56.3 Å². The van der Waals surface area contributed by atoms with E-state index < -0.39 is 11.9 Å². The van der Waals surface area contributed by atoms with E-state index in [4.69, 9.17) is 9.73 Å². The minimum Gasteiger partial charge on any atom is -0.466 e. The second kappa shape index (κ2) is 7.78. The predicted molar refractivity (Wildman–Crippen MR) is 113 cm³/mol. The van der Waals surface area contributed by atoms with E-state index in [0.717, 1.165) is 28.8 Å². The van der Waals surface area contributed by atoms with Crippen molar-refractivity contribution in [2.24, 2.45) is 10.9 Å². The zero-order valence-electron chi connectivity index (χ0n) is 17.0. The molecule has 1 unspecified atom stereocenters. The fourth-order valence-electron chi connectivity index (χ4n) is 4.65. The van der Waals surface area contributed by atoms with Crippen molar-refractivity contribution >= 4 is 17.5 Å². The molecule has 0 saturated heterocycles. The Balaban J connectivity index is 1.80. The normalized spacial score (nSPS) is 24.0. The smallest absolute Gasteiger partial charge is 0.336 e. The van der Waals surface area contributed by atoms with Gasteiger partial charge in [-0.2, -0.15) is 0 Å². The Morgan fingerprint density at radius 3 is 2.28 bits per heavy atom. The Morgan fingerprint density at radius 2 is 1.62 bits per heavy atom. The first-order valence-electron chi connectivity index (χ1n) is 10.0. The van der Waals surface area contributed by atoms with E-state index in [1.54, 1.807) is 0 Å². The van der Waals surface area contributed by atoms with Crippen molar-refractivity contribution in [3.8, 4) is 0 Å². The van der Waals surface area contributed by atoms with Crippen LogP contribution in [0, 0.1) is 12.8 Å². The molecule has 148 valence electrons. The van der Waals surface area contributed by atoms with Crippen molar-refractivity contribution in [3.63, 3.8) is 0 Å². The Bertz CT molecular complexity index is 1000. The van der Waals surface area contributed by atoms with E-state index >= 15 is 0 Å². The second-order valence-corrected chi connectivity index (χ2v) is 7.94. The Kier molecular flexibility index (Phi) is 5.18. The number of rotatable bonds is 3. The van der Waals surface area contributed by atoms with Crippen LogP contribution >= 0.6 is 0 Å². The zero-order valence-corrected chi connectivity index (χ0v) is 17.0. The summed E-state index contributed by atoms with van der Waals surface area (Å²) in [5.74, 6) is -0.891. The van der Waals surface area contributed by atoms with Gasteiger partial charge in [-0.15, -0.1) is 0 Å². The lowest BCUT2D eigenvalue weighted by Gasteiger charge is -2.38. The van der Waals surface area contributed by atoms with Crippen molar-refractivity contribution in [3.05, 3.63) is 82.6 Å². The number of carbonyl (C=O) groups excluding carboxylic acids is 2. The molecular weight excluding hydrogens is 362 g/mol. The molecule has 2 aromatic rings. The Hall–Kier alpha value is -3.01. The van der Waals surface area contributed by atoms with Crippen LogP contribution in [0.5, 0.6) is 0 Å². The molecule has 0 amide bonds. The number of esters is 1. The van der Waals surface area contributed by atoms with Crippen LogP contribution in [0.3, 0.4) is 0 Å². The molecule has 4 heteroatoms. The minimum absolute atomic E-state index is 0.129. The molecule has 0 aromatic heterocycles. The van der Waals surface area contributed by atoms with Gasteiger partial charge in [0.2, 0.25) is 0 Å². The van der Waals surface area contributed by atoms with Crippen LogP contribution in [-0.4, -0.2) is 24.6 Å². The van der Waals surface area contributed by atoms with Gasteiger partial charge in [0, 0.05) is 23.7 Å². The van der Waals surface area contributed by atoms with Crippen LogP contribution in [0.15, 0.2) is 70.9 Å². The fraction of sp³-hybridized carbons (Fsp3) is 0.320. The molecule has 0 bridgehead atoms. The average Bonchev–Trinajstić information content (AvgIpc) is 2.73. The number of ketones is 1. The number of Topliss-reactive ketones (excluding diaryl/α,β-unsaturated/α-hetero) is 1. The highest BCUT2D eigenvalue weighted by Gasteiger charge is 2.45. The summed E-state index contributed by atoms with van der Waals surface area (Å²) in [7, 11) is 1.38. The third-order valence-corrected chi connectivity index (χ3v) is 6.07. The van der Waals surface area contributed by atoms with E-state index in [0.29, 0.717) is 17.7 Å². The van der Waals surface area contributed by atoms with Crippen LogP contribution < -0.4 is 0 Å². The molecule has 0 radical (unpaired) electrons. The van der Waals surface area contributed by atoms with Gasteiger partial charge in [0.25, 0.3) is 0 Å². The van der Waals surface area contributed by atoms with Gasteiger partial charge in [-0.3, -0.25) is 9.79 Å². The van der Waals surface area contributed by atoms with Crippen LogP contribution in [0.1, 0.15) is 48.3 Å². The molecule has 2 aliphatic rings. The second-order valence-electron chi connectivity index (χ2n) is 7.94. The van der Waals surface area contributed by atoms with Gasteiger partial charge >= 0.3 is 5.97 Å². The number of benzene rings is 2. The van der Waals surface area contributed by atoms with Crippen LogP contribution in [0.25, 0.3) is 0 Å². The van der Waals surface area contributed by atoms with Crippen LogP contribution in [0.4, 0.5) is 0 Å². The third kappa shape index (κ3) is 3.55. The first-order valence-corrected chi connectivity index (χ1v) is 10.0. The van der Waals surface area contributed by atoms with E-state index in [9.17, 15) is 9.59 Å². The van der Waals surface area contributed by atoms with Gasteiger partial charge in [-0.05, 0) is 37.3 Å². The van der Waals surface area contributed by atoms with Crippen molar-refractivity contribution in [1.29, 1.82) is 0 Å². The van der Waals surface area contributed by atoms with Crippen molar-refractivity contribution in [2.75, 3.05) is 7.11 Å². The van der Waals surface area contributed by atoms with Gasteiger partial charge in [0.1, 0.15) is 5.78 Å². The van der Waals surface area contributed by atoms with Gasteiger partial charge in [-0.25, -0.2) is 4.79 Å². The molecule has 0 spiro atoms. The van der Waals surface area contributed by atoms with E-state index in [-0.39, 0.29) is 17.6 Å². The molecule has 3 atom stereocenters. The van der Waals surface area contributed by atoms with Gasteiger partial charge in [-0.1, -0.05) is 60.2 Å². The molecule has 1 fully saturated rings. The largest absolute Gasteiger partial charge is 0.466 e. The average molecular weight is 387 g/mol. The highest BCUT2D eigenvalue weighted by atomic mass is 16.5. The van der Waals surface area contributed by atoms with Crippen molar-refractivity contribution < 1.29 is 14.3 Å². The summed E-state index contributed by atoms with van der Waals surface area (Å²) in [5, 5.41) is 0. The highest BCUT2D eigenvalue weighted by Crippen LogP contribution is 2.45. The van der Waals surface area contributed by atoms with Crippen LogP contribution in [-0.2, 0) is 14.3 Å². The molecule has 1 saturated carbocycles. The predicted octanol–water partition coefficient (Wildman–Crippen LogP) is 4.74. The lowest BCUT2D eigenvalue weighted by atomic mass is 9.66. The number of hydrogen-bond acceptors (Lipinski definition) is 4. The summed E-state index contributed by atoms with van der Waals surface area (Å²) in [5.41, 5.74) is 5.28. The fourth-order valence-corrected chi connectivity index (χ4v) is 4.65. The number of nitrogens with zero attached hydrogens (tertiary/aromatic N) is 1. The van der Waals surface area contributed by atoms with E-state index in [1.165, 1.54) is 7.11 Å². The number of ether oxygens (including phenoxy) is 1. The molecule has 1 aliphatic carbocycles. The van der Waals surface area contributed by atoms with Crippen LogP contribution in [0.2, 0.25) is 0 Å². The zero-order chi connectivity index (χ0) is 20.5.